The molecule has 1 amide bonds. The van der Waals surface area contributed by atoms with Crippen molar-refractivity contribution in [1.29, 1.82) is 0 Å². The van der Waals surface area contributed by atoms with E-state index in [9.17, 15) is 4.79 Å². The SMILES string of the molecule is Cc1cc(C)n(-c2ccc(C(=O)N3CCCCC3C(C)N)cc2)n1.Cl. The molecule has 6 heteroatoms. The molecule has 1 aliphatic rings. The largest absolute Gasteiger partial charge is 0.334 e. The maximum atomic E-state index is 12.9. The number of nitrogens with zero attached hydrogens (tertiary/aromatic N) is 3. The number of piperidine rings is 1. The Kier molecular flexibility index (Phi) is 6.25. The minimum absolute atomic E-state index is 0. The first-order valence-electron chi connectivity index (χ1n) is 8.67. The standard InChI is InChI=1S/C19H26N4O.ClH/c1-13-12-14(2)23(21-13)17-9-7-16(8-10-17)19(24)22-11-5-4-6-18(22)15(3)20;/h7-10,12,15,18H,4-6,11,20H2,1-3H3;1H. The van der Waals surface area contributed by atoms with Gasteiger partial charge in [0, 0.05) is 29.9 Å². The van der Waals surface area contributed by atoms with Crippen LogP contribution in [-0.4, -0.2) is 39.2 Å². The summed E-state index contributed by atoms with van der Waals surface area (Å²) in [5.41, 5.74) is 9.84. The van der Waals surface area contributed by atoms with Crippen molar-refractivity contribution in [1.82, 2.24) is 14.7 Å². The highest BCUT2D eigenvalue weighted by Gasteiger charge is 2.29. The van der Waals surface area contributed by atoms with E-state index in [0.29, 0.717) is 5.56 Å². The van der Waals surface area contributed by atoms with Crippen molar-refractivity contribution in [3.63, 3.8) is 0 Å². The van der Waals surface area contributed by atoms with Crippen LogP contribution >= 0.6 is 12.4 Å². The van der Waals surface area contributed by atoms with Crippen LogP contribution in [0.5, 0.6) is 0 Å². The van der Waals surface area contributed by atoms with E-state index in [0.717, 1.165) is 42.9 Å². The second-order valence-corrected chi connectivity index (χ2v) is 6.81. The van der Waals surface area contributed by atoms with E-state index in [1.165, 1.54) is 0 Å². The van der Waals surface area contributed by atoms with Crippen LogP contribution in [0.15, 0.2) is 30.3 Å². The molecule has 0 radical (unpaired) electrons. The molecule has 1 aromatic carbocycles. The number of hydrogen-bond donors (Lipinski definition) is 1. The van der Waals surface area contributed by atoms with Crippen LogP contribution in [-0.2, 0) is 0 Å². The fraction of sp³-hybridized carbons (Fsp3) is 0.474. The predicted octanol–water partition coefficient (Wildman–Crippen LogP) is 3.25. The van der Waals surface area contributed by atoms with E-state index in [1.807, 2.05) is 60.7 Å². The van der Waals surface area contributed by atoms with Gasteiger partial charge in [-0.2, -0.15) is 5.10 Å². The van der Waals surface area contributed by atoms with Gasteiger partial charge in [0.2, 0.25) is 0 Å². The van der Waals surface area contributed by atoms with Crippen LogP contribution in [0.1, 0.15) is 47.9 Å². The quantitative estimate of drug-likeness (QED) is 0.911. The molecule has 1 aliphatic heterocycles. The molecular formula is C19H27ClN4O. The maximum absolute atomic E-state index is 12.9. The Balaban J connectivity index is 0.00000225. The first-order chi connectivity index (χ1) is 11.5. The van der Waals surface area contributed by atoms with Gasteiger partial charge in [0.15, 0.2) is 0 Å². The molecule has 0 saturated carbocycles. The van der Waals surface area contributed by atoms with E-state index in [1.54, 1.807) is 0 Å². The summed E-state index contributed by atoms with van der Waals surface area (Å²) in [4.78, 5) is 14.8. The second kappa shape index (κ2) is 8.02. The zero-order chi connectivity index (χ0) is 17.3. The third kappa shape index (κ3) is 4.05. The van der Waals surface area contributed by atoms with Crippen LogP contribution < -0.4 is 5.73 Å². The summed E-state index contributed by atoms with van der Waals surface area (Å²) in [5.74, 6) is 0.0805. The van der Waals surface area contributed by atoms with Gasteiger partial charge in [0.1, 0.15) is 0 Å². The van der Waals surface area contributed by atoms with Crippen LogP contribution in [0.4, 0.5) is 0 Å². The first-order valence-corrected chi connectivity index (χ1v) is 8.67. The van der Waals surface area contributed by atoms with Crippen molar-refractivity contribution in [2.75, 3.05) is 6.54 Å². The number of rotatable bonds is 3. The van der Waals surface area contributed by atoms with Gasteiger partial charge in [-0.3, -0.25) is 4.79 Å². The molecule has 1 fully saturated rings. The summed E-state index contributed by atoms with van der Waals surface area (Å²) in [6, 6.07) is 9.88. The Bertz CT molecular complexity index is 724. The van der Waals surface area contributed by atoms with Crippen molar-refractivity contribution in [3.05, 3.63) is 47.3 Å². The number of likely N-dealkylation sites (tertiary alicyclic amines) is 1. The molecule has 0 bridgehead atoms. The molecule has 3 rings (SSSR count). The van der Waals surface area contributed by atoms with E-state index in [4.69, 9.17) is 5.73 Å². The molecule has 136 valence electrons. The Morgan fingerprint density at radius 2 is 1.92 bits per heavy atom. The number of carbonyl (C=O) groups excluding carboxylic acids is 1. The molecule has 25 heavy (non-hydrogen) atoms. The lowest BCUT2D eigenvalue weighted by atomic mass is 9.96. The van der Waals surface area contributed by atoms with Gasteiger partial charge < -0.3 is 10.6 Å². The van der Waals surface area contributed by atoms with Gasteiger partial charge in [-0.05, 0) is 70.4 Å². The highest BCUT2D eigenvalue weighted by molar-refractivity contribution is 5.94. The lowest BCUT2D eigenvalue weighted by Gasteiger charge is -2.38. The van der Waals surface area contributed by atoms with Crippen molar-refractivity contribution in [2.24, 2.45) is 5.73 Å². The van der Waals surface area contributed by atoms with Crippen molar-refractivity contribution >= 4 is 18.3 Å². The third-order valence-corrected chi connectivity index (χ3v) is 4.79. The maximum Gasteiger partial charge on any atom is 0.254 e. The summed E-state index contributed by atoms with van der Waals surface area (Å²) in [7, 11) is 0. The zero-order valence-electron chi connectivity index (χ0n) is 15.1. The number of nitrogens with two attached hydrogens (primary N) is 1. The molecule has 2 heterocycles. The molecule has 2 unspecified atom stereocenters. The lowest BCUT2D eigenvalue weighted by molar-refractivity contribution is 0.0584. The Morgan fingerprint density at radius 1 is 1.24 bits per heavy atom. The van der Waals surface area contributed by atoms with Gasteiger partial charge in [0.05, 0.1) is 11.4 Å². The van der Waals surface area contributed by atoms with E-state index >= 15 is 0 Å². The normalized spacial score (nSPS) is 18.6. The van der Waals surface area contributed by atoms with Crippen molar-refractivity contribution in [2.45, 2.75) is 52.1 Å². The molecule has 2 N–H and O–H groups in total. The average molecular weight is 363 g/mol. The van der Waals surface area contributed by atoms with Crippen LogP contribution in [0.2, 0.25) is 0 Å². The summed E-state index contributed by atoms with van der Waals surface area (Å²) in [6.07, 6.45) is 3.19. The first kappa shape index (κ1) is 19.5. The molecule has 0 spiro atoms. The number of benzene rings is 1. The fourth-order valence-electron chi connectivity index (χ4n) is 3.56. The van der Waals surface area contributed by atoms with Crippen LogP contribution in [0.3, 0.4) is 0 Å². The highest BCUT2D eigenvalue weighted by Crippen LogP contribution is 2.22. The molecule has 0 aliphatic carbocycles. The highest BCUT2D eigenvalue weighted by atomic mass is 35.5. The summed E-state index contributed by atoms with van der Waals surface area (Å²) >= 11 is 0. The number of amides is 1. The summed E-state index contributed by atoms with van der Waals surface area (Å²) in [5, 5.41) is 4.48. The number of hydrogen-bond acceptors (Lipinski definition) is 3. The Morgan fingerprint density at radius 3 is 2.48 bits per heavy atom. The molecule has 2 atom stereocenters. The topological polar surface area (TPSA) is 64.2 Å². The lowest BCUT2D eigenvalue weighted by Crippen LogP contribution is -2.51. The zero-order valence-corrected chi connectivity index (χ0v) is 15.9. The van der Waals surface area contributed by atoms with Gasteiger partial charge in [-0.1, -0.05) is 0 Å². The fourth-order valence-corrected chi connectivity index (χ4v) is 3.56. The number of halogens is 1. The molecular weight excluding hydrogens is 336 g/mol. The molecule has 1 aromatic heterocycles. The van der Waals surface area contributed by atoms with Gasteiger partial charge in [-0.15, -0.1) is 12.4 Å². The Hall–Kier alpha value is -1.85. The van der Waals surface area contributed by atoms with E-state index < -0.39 is 0 Å². The molecule has 5 nitrogen and oxygen atoms in total. The van der Waals surface area contributed by atoms with Gasteiger partial charge in [-0.25, -0.2) is 4.68 Å². The molecule has 2 aromatic rings. The minimum Gasteiger partial charge on any atom is -0.334 e. The summed E-state index contributed by atoms with van der Waals surface area (Å²) in [6.45, 7) is 6.79. The van der Waals surface area contributed by atoms with Crippen LogP contribution in [0.25, 0.3) is 5.69 Å². The third-order valence-electron chi connectivity index (χ3n) is 4.79. The predicted molar refractivity (Wildman–Crippen MR) is 103 cm³/mol. The number of carbonyl (C=O) groups is 1. The minimum atomic E-state index is 0. The van der Waals surface area contributed by atoms with Crippen molar-refractivity contribution < 1.29 is 4.79 Å². The Labute approximate surface area is 155 Å². The number of aryl methyl sites for hydroxylation is 2. The second-order valence-electron chi connectivity index (χ2n) is 6.81. The van der Waals surface area contributed by atoms with Gasteiger partial charge in [0.25, 0.3) is 5.91 Å². The van der Waals surface area contributed by atoms with E-state index in [2.05, 4.69) is 5.10 Å². The van der Waals surface area contributed by atoms with Crippen molar-refractivity contribution in [3.8, 4) is 5.69 Å². The number of aromatic nitrogens is 2. The smallest absolute Gasteiger partial charge is 0.254 e. The van der Waals surface area contributed by atoms with Crippen LogP contribution in [0, 0.1) is 13.8 Å². The van der Waals surface area contributed by atoms with Gasteiger partial charge >= 0.3 is 0 Å². The summed E-state index contributed by atoms with van der Waals surface area (Å²) < 4.78 is 1.90. The van der Waals surface area contributed by atoms with E-state index in [-0.39, 0.29) is 30.4 Å². The average Bonchev–Trinajstić information content (AvgIpc) is 2.92. The molecule has 1 saturated heterocycles. The monoisotopic (exact) mass is 362 g/mol.